The summed E-state index contributed by atoms with van der Waals surface area (Å²) >= 11 is 0. The molecule has 36 heavy (non-hydrogen) atoms. The molecule has 0 unspecified atom stereocenters. The number of hydrogen-bond donors (Lipinski definition) is 2. The van der Waals surface area contributed by atoms with E-state index in [1.807, 2.05) is 32.2 Å². The Hall–Kier alpha value is -3.19. The van der Waals surface area contributed by atoms with Crippen molar-refractivity contribution in [3.8, 4) is 5.69 Å². The van der Waals surface area contributed by atoms with Gasteiger partial charge in [0.1, 0.15) is 5.82 Å². The molecule has 1 saturated carbocycles. The minimum absolute atomic E-state index is 0.208. The van der Waals surface area contributed by atoms with Crippen LogP contribution in [0, 0.1) is 18.2 Å². The van der Waals surface area contributed by atoms with Crippen molar-refractivity contribution in [1.82, 2.24) is 14.8 Å². The van der Waals surface area contributed by atoms with Crippen LogP contribution in [0.3, 0.4) is 0 Å². The highest BCUT2D eigenvalue weighted by molar-refractivity contribution is 5.99. The van der Waals surface area contributed by atoms with Crippen LogP contribution in [0.5, 0.6) is 0 Å². The van der Waals surface area contributed by atoms with Crippen molar-refractivity contribution in [3.05, 3.63) is 59.2 Å². The Bertz CT molecular complexity index is 1460. The lowest BCUT2D eigenvalue weighted by atomic mass is 9.69. The van der Waals surface area contributed by atoms with Crippen molar-refractivity contribution < 1.29 is 19.0 Å². The lowest BCUT2D eigenvalue weighted by Crippen LogP contribution is -2.32. The number of halogens is 1. The van der Waals surface area contributed by atoms with Gasteiger partial charge in [-0.3, -0.25) is 9.89 Å². The predicted molar refractivity (Wildman–Crippen MR) is 137 cm³/mol. The lowest BCUT2D eigenvalue weighted by molar-refractivity contribution is -0.149. The van der Waals surface area contributed by atoms with E-state index >= 15 is 0 Å². The van der Waals surface area contributed by atoms with E-state index in [1.54, 1.807) is 6.07 Å². The summed E-state index contributed by atoms with van der Waals surface area (Å²) in [6, 6.07) is 9.75. The van der Waals surface area contributed by atoms with Gasteiger partial charge in [0.05, 0.1) is 22.6 Å². The molecule has 2 aromatic heterocycles. The second kappa shape index (κ2) is 8.73. The summed E-state index contributed by atoms with van der Waals surface area (Å²) in [5.41, 5.74) is 5.60. The number of carboxylic acid groups (broad SMARTS) is 1. The number of ether oxygens (including phenoxy) is 1. The molecule has 0 amide bonds. The number of aryl methyl sites for hydroxylation is 1. The molecule has 0 bridgehead atoms. The van der Waals surface area contributed by atoms with Crippen LogP contribution in [-0.2, 0) is 9.53 Å². The van der Waals surface area contributed by atoms with Gasteiger partial charge in [-0.1, -0.05) is 0 Å². The summed E-state index contributed by atoms with van der Waals surface area (Å²) in [6.07, 6.45) is 6.70. The molecule has 0 atom stereocenters. The second-order valence-corrected chi connectivity index (χ2v) is 10.9. The Morgan fingerprint density at radius 3 is 2.58 bits per heavy atom. The van der Waals surface area contributed by atoms with E-state index in [4.69, 9.17) is 4.74 Å². The van der Waals surface area contributed by atoms with Crippen LogP contribution < -0.4 is 0 Å². The fourth-order valence-electron chi connectivity index (χ4n) is 6.37. The maximum Gasteiger partial charge on any atom is 0.309 e. The van der Waals surface area contributed by atoms with Gasteiger partial charge in [-0.2, -0.15) is 5.10 Å². The summed E-state index contributed by atoms with van der Waals surface area (Å²) in [6.45, 7) is 5.13. The van der Waals surface area contributed by atoms with Crippen LogP contribution in [0.25, 0.3) is 27.5 Å². The van der Waals surface area contributed by atoms with Gasteiger partial charge < -0.3 is 14.4 Å². The van der Waals surface area contributed by atoms with E-state index in [0.717, 1.165) is 61.0 Å². The van der Waals surface area contributed by atoms with Gasteiger partial charge >= 0.3 is 5.97 Å². The van der Waals surface area contributed by atoms with Crippen molar-refractivity contribution >= 4 is 27.8 Å². The highest BCUT2D eigenvalue weighted by Crippen LogP contribution is 2.49. The molecule has 6 rings (SSSR count). The van der Waals surface area contributed by atoms with Gasteiger partial charge in [0.25, 0.3) is 0 Å². The molecule has 188 valence electrons. The number of aromatic amines is 1. The third-order valence-electron chi connectivity index (χ3n) is 8.63. The molecule has 2 N–H and O–H groups in total. The standard InChI is InChI=1S/C29H32FN3O3/c1-17-13-21(3-4-23(17)30)33-25-14-20-16-31-32-24(20)15-22(25)26(27(33)19-7-11-36-12-8-19)18-5-9-29(2,10-6-18)28(34)35/h3-4,13-16,18-19H,5-12H2,1-2H3,(H,31,32)(H,34,35)/t18-,29-. The monoisotopic (exact) mass is 489 g/mol. The zero-order valence-electron chi connectivity index (χ0n) is 20.8. The minimum Gasteiger partial charge on any atom is -0.481 e. The molecule has 1 aliphatic heterocycles. The zero-order valence-corrected chi connectivity index (χ0v) is 20.8. The van der Waals surface area contributed by atoms with Gasteiger partial charge in [-0.05, 0) is 99.7 Å². The zero-order chi connectivity index (χ0) is 25.0. The molecule has 6 nitrogen and oxygen atoms in total. The van der Waals surface area contributed by atoms with Crippen molar-refractivity contribution in [2.24, 2.45) is 5.41 Å². The SMILES string of the molecule is Cc1cc(-n2c(C3CCOCC3)c([C@H]3CC[C@](C)(C(=O)O)CC3)c3cc4[nH]ncc4cc32)ccc1F. The van der Waals surface area contributed by atoms with E-state index < -0.39 is 11.4 Å². The maximum absolute atomic E-state index is 14.3. The fourth-order valence-corrected chi connectivity index (χ4v) is 6.37. The highest BCUT2D eigenvalue weighted by atomic mass is 19.1. The van der Waals surface area contributed by atoms with Crippen LogP contribution in [0.2, 0.25) is 0 Å². The lowest BCUT2D eigenvalue weighted by Gasteiger charge is -2.35. The summed E-state index contributed by atoms with van der Waals surface area (Å²) < 4.78 is 22.4. The molecular formula is C29H32FN3O3. The first-order valence-electron chi connectivity index (χ1n) is 12.9. The molecule has 0 radical (unpaired) electrons. The summed E-state index contributed by atoms with van der Waals surface area (Å²) in [7, 11) is 0. The van der Waals surface area contributed by atoms with Crippen molar-refractivity contribution in [2.45, 2.75) is 64.2 Å². The van der Waals surface area contributed by atoms with Gasteiger partial charge in [0.15, 0.2) is 0 Å². The van der Waals surface area contributed by atoms with Gasteiger partial charge in [-0.15, -0.1) is 0 Å². The van der Waals surface area contributed by atoms with E-state index in [-0.39, 0.29) is 11.7 Å². The van der Waals surface area contributed by atoms with Crippen LogP contribution in [0.1, 0.15) is 74.1 Å². The third kappa shape index (κ3) is 3.72. The molecule has 2 fully saturated rings. The van der Waals surface area contributed by atoms with Gasteiger partial charge in [0, 0.05) is 41.3 Å². The maximum atomic E-state index is 14.3. The molecule has 1 saturated heterocycles. The van der Waals surface area contributed by atoms with E-state index in [0.29, 0.717) is 24.3 Å². The number of H-pyrrole nitrogens is 1. The fraction of sp³-hybridized carbons (Fsp3) is 0.448. The van der Waals surface area contributed by atoms with E-state index in [1.165, 1.54) is 16.6 Å². The van der Waals surface area contributed by atoms with Crippen LogP contribution in [-0.4, -0.2) is 39.1 Å². The molecule has 0 spiro atoms. The smallest absolute Gasteiger partial charge is 0.309 e. The molecule has 7 heteroatoms. The average molecular weight is 490 g/mol. The first-order chi connectivity index (χ1) is 17.4. The number of carbonyl (C=O) groups is 1. The largest absolute Gasteiger partial charge is 0.481 e. The van der Waals surface area contributed by atoms with Crippen LogP contribution >= 0.6 is 0 Å². The van der Waals surface area contributed by atoms with Crippen LogP contribution in [0.4, 0.5) is 4.39 Å². The topological polar surface area (TPSA) is 80.1 Å². The Kier molecular flexibility index (Phi) is 5.63. The van der Waals surface area contributed by atoms with E-state index in [2.05, 4.69) is 26.9 Å². The predicted octanol–water partition coefficient (Wildman–Crippen LogP) is 6.60. The Balaban J connectivity index is 1.61. The Labute approximate surface area is 209 Å². The Morgan fingerprint density at radius 1 is 1.14 bits per heavy atom. The molecule has 3 heterocycles. The molecule has 1 aliphatic carbocycles. The van der Waals surface area contributed by atoms with Gasteiger partial charge in [0.2, 0.25) is 0 Å². The summed E-state index contributed by atoms with van der Waals surface area (Å²) in [5, 5.41) is 19.4. The van der Waals surface area contributed by atoms with E-state index in [9.17, 15) is 14.3 Å². The van der Waals surface area contributed by atoms with Crippen LogP contribution in [0.15, 0.2) is 36.5 Å². The summed E-state index contributed by atoms with van der Waals surface area (Å²) in [5.74, 6) is -0.328. The molecule has 2 aromatic carbocycles. The second-order valence-electron chi connectivity index (χ2n) is 10.9. The number of hydrogen-bond acceptors (Lipinski definition) is 3. The summed E-state index contributed by atoms with van der Waals surface area (Å²) in [4.78, 5) is 12.0. The number of aliphatic carboxylic acids is 1. The normalized spacial score (nSPS) is 23.5. The number of aromatic nitrogens is 3. The number of nitrogens with one attached hydrogen (secondary N) is 1. The molecule has 4 aromatic rings. The number of nitrogens with zero attached hydrogens (tertiary/aromatic N) is 2. The van der Waals surface area contributed by atoms with Crippen molar-refractivity contribution in [2.75, 3.05) is 13.2 Å². The quantitative estimate of drug-likeness (QED) is 0.339. The van der Waals surface area contributed by atoms with Crippen molar-refractivity contribution in [1.29, 1.82) is 0 Å². The third-order valence-corrected chi connectivity index (χ3v) is 8.63. The highest BCUT2D eigenvalue weighted by Gasteiger charge is 2.40. The molecule has 2 aliphatic rings. The van der Waals surface area contributed by atoms with Gasteiger partial charge in [-0.25, -0.2) is 4.39 Å². The molecular weight excluding hydrogens is 457 g/mol. The first kappa shape index (κ1) is 23.2. The van der Waals surface area contributed by atoms with Crippen molar-refractivity contribution in [3.63, 3.8) is 0 Å². The average Bonchev–Trinajstić information content (AvgIpc) is 3.47. The number of rotatable bonds is 4. The number of benzene rings is 2. The first-order valence-corrected chi connectivity index (χ1v) is 12.9. The number of fused-ring (bicyclic) bond motifs is 2. The Morgan fingerprint density at radius 2 is 1.89 bits per heavy atom. The number of carboxylic acids is 1. The minimum atomic E-state index is -0.700.